The standard InChI is InChI=1S/C18H16F4N4/c19-14-5-1-2-6-15(14)26-9-3-4-13(11-26)24-17-12(10-23)7-8-16(25-17)18(20,21)22/h1-2,5-8,13H,3-4,9,11H2,(H,24,25). The zero-order valence-corrected chi connectivity index (χ0v) is 13.7. The average molecular weight is 364 g/mol. The maximum absolute atomic E-state index is 14.0. The molecule has 1 aliphatic heterocycles. The Morgan fingerprint density at radius 1 is 1.19 bits per heavy atom. The largest absolute Gasteiger partial charge is 0.433 e. The van der Waals surface area contributed by atoms with Crippen molar-refractivity contribution in [2.24, 2.45) is 0 Å². The summed E-state index contributed by atoms with van der Waals surface area (Å²) in [5.41, 5.74) is -0.557. The van der Waals surface area contributed by atoms with E-state index in [2.05, 4.69) is 10.3 Å². The van der Waals surface area contributed by atoms with Crippen LogP contribution in [-0.2, 0) is 6.18 Å². The molecule has 0 spiro atoms. The van der Waals surface area contributed by atoms with Gasteiger partial charge < -0.3 is 10.2 Å². The number of aromatic nitrogens is 1. The van der Waals surface area contributed by atoms with Crippen LogP contribution in [0.15, 0.2) is 36.4 Å². The van der Waals surface area contributed by atoms with E-state index in [9.17, 15) is 17.6 Å². The molecule has 0 saturated carbocycles. The molecule has 2 heterocycles. The fourth-order valence-electron chi connectivity index (χ4n) is 3.03. The van der Waals surface area contributed by atoms with Gasteiger partial charge in [0.05, 0.1) is 11.3 Å². The van der Waals surface area contributed by atoms with Crippen LogP contribution in [0.4, 0.5) is 29.1 Å². The van der Waals surface area contributed by atoms with Crippen LogP contribution in [-0.4, -0.2) is 24.1 Å². The Morgan fingerprint density at radius 2 is 1.96 bits per heavy atom. The molecule has 1 atom stereocenters. The Bertz CT molecular complexity index is 829. The quantitative estimate of drug-likeness (QED) is 0.830. The van der Waals surface area contributed by atoms with Gasteiger partial charge in [-0.2, -0.15) is 18.4 Å². The lowest BCUT2D eigenvalue weighted by Gasteiger charge is -2.35. The number of nitrogens with zero attached hydrogens (tertiary/aromatic N) is 3. The summed E-state index contributed by atoms with van der Waals surface area (Å²) in [5, 5.41) is 12.1. The van der Waals surface area contributed by atoms with Gasteiger partial charge in [-0.25, -0.2) is 9.37 Å². The van der Waals surface area contributed by atoms with E-state index in [4.69, 9.17) is 5.26 Å². The smallest absolute Gasteiger partial charge is 0.367 e. The Kier molecular flexibility index (Phi) is 4.98. The number of para-hydroxylation sites is 1. The van der Waals surface area contributed by atoms with Gasteiger partial charge in [0.2, 0.25) is 0 Å². The van der Waals surface area contributed by atoms with Gasteiger partial charge in [-0.1, -0.05) is 12.1 Å². The van der Waals surface area contributed by atoms with Crippen molar-refractivity contribution in [3.8, 4) is 6.07 Å². The lowest BCUT2D eigenvalue weighted by molar-refractivity contribution is -0.141. The van der Waals surface area contributed by atoms with Crippen molar-refractivity contribution in [3.05, 3.63) is 53.5 Å². The molecule has 1 aliphatic rings. The van der Waals surface area contributed by atoms with E-state index in [1.54, 1.807) is 18.2 Å². The molecule has 2 aromatic rings. The summed E-state index contributed by atoms with van der Waals surface area (Å²) in [4.78, 5) is 5.42. The number of pyridine rings is 1. The zero-order valence-electron chi connectivity index (χ0n) is 13.7. The molecule has 136 valence electrons. The van der Waals surface area contributed by atoms with Crippen molar-refractivity contribution in [1.82, 2.24) is 4.98 Å². The number of nitriles is 1. The second-order valence-corrected chi connectivity index (χ2v) is 6.08. The number of halogens is 4. The second-order valence-electron chi connectivity index (χ2n) is 6.08. The highest BCUT2D eigenvalue weighted by molar-refractivity contribution is 5.54. The minimum absolute atomic E-state index is 0.0426. The van der Waals surface area contributed by atoms with Crippen molar-refractivity contribution in [1.29, 1.82) is 5.26 Å². The lowest BCUT2D eigenvalue weighted by atomic mass is 10.0. The molecule has 0 bridgehead atoms. The first-order chi connectivity index (χ1) is 12.4. The van der Waals surface area contributed by atoms with Crippen LogP contribution in [0, 0.1) is 17.1 Å². The fraction of sp³-hybridized carbons (Fsp3) is 0.333. The summed E-state index contributed by atoms with van der Waals surface area (Å²) in [5.74, 6) is -0.439. The molecular formula is C18H16F4N4. The Labute approximate surface area is 148 Å². The number of anilines is 2. The predicted octanol–water partition coefficient (Wildman–Crippen LogP) is 4.19. The molecule has 4 nitrogen and oxygen atoms in total. The van der Waals surface area contributed by atoms with E-state index in [0.29, 0.717) is 25.2 Å². The zero-order chi connectivity index (χ0) is 18.7. The molecular weight excluding hydrogens is 348 g/mol. The van der Waals surface area contributed by atoms with E-state index in [1.165, 1.54) is 6.07 Å². The summed E-state index contributed by atoms with van der Waals surface area (Å²) in [6.45, 7) is 1.06. The summed E-state index contributed by atoms with van der Waals surface area (Å²) < 4.78 is 52.6. The van der Waals surface area contributed by atoms with Crippen LogP contribution in [0.3, 0.4) is 0 Å². The monoisotopic (exact) mass is 364 g/mol. The van der Waals surface area contributed by atoms with Crippen LogP contribution in [0.2, 0.25) is 0 Å². The van der Waals surface area contributed by atoms with Crippen molar-refractivity contribution < 1.29 is 17.6 Å². The number of alkyl halides is 3. The predicted molar refractivity (Wildman–Crippen MR) is 89.2 cm³/mol. The Balaban J connectivity index is 1.80. The van der Waals surface area contributed by atoms with Gasteiger partial charge in [-0.15, -0.1) is 0 Å². The first kappa shape index (κ1) is 18.0. The lowest BCUT2D eigenvalue weighted by Crippen LogP contribution is -2.42. The highest BCUT2D eigenvalue weighted by atomic mass is 19.4. The van der Waals surface area contributed by atoms with Gasteiger partial charge in [0.25, 0.3) is 0 Å². The molecule has 0 radical (unpaired) electrons. The summed E-state index contributed by atoms with van der Waals surface area (Å²) in [6.07, 6.45) is -3.16. The van der Waals surface area contributed by atoms with E-state index in [1.807, 2.05) is 11.0 Å². The van der Waals surface area contributed by atoms with Crippen LogP contribution in [0.1, 0.15) is 24.1 Å². The molecule has 1 saturated heterocycles. The SMILES string of the molecule is N#Cc1ccc(C(F)(F)F)nc1NC1CCCN(c2ccccc2F)C1. The summed E-state index contributed by atoms with van der Waals surface area (Å²) in [6, 6.07) is 9.87. The maximum Gasteiger partial charge on any atom is 0.433 e. The summed E-state index contributed by atoms with van der Waals surface area (Å²) in [7, 11) is 0. The molecule has 1 unspecified atom stereocenters. The molecule has 26 heavy (non-hydrogen) atoms. The first-order valence-electron chi connectivity index (χ1n) is 8.13. The van der Waals surface area contributed by atoms with Crippen molar-refractivity contribution in [2.45, 2.75) is 25.1 Å². The van der Waals surface area contributed by atoms with Crippen molar-refractivity contribution in [3.63, 3.8) is 0 Å². The molecule has 0 amide bonds. The van der Waals surface area contributed by atoms with Gasteiger partial charge in [-0.05, 0) is 37.1 Å². The number of hydrogen-bond donors (Lipinski definition) is 1. The van der Waals surface area contributed by atoms with Gasteiger partial charge in [0.15, 0.2) is 0 Å². The number of rotatable bonds is 3. The van der Waals surface area contributed by atoms with Crippen LogP contribution in [0.5, 0.6) is 0 Å². The van der Waals surface area contributed by atoms with Gasteiger partial charge in [-0.3, -0.25) is 0 Å². The van der Waals surface area contributed by atoms with Crippen molar-refractivity contribution >= 4 is 11.5 Å². The third kappa shape index (κ3) is 3.87. The van der Waals surface area contributed by atoms with E-state index >= 15 is 0 Å². The molecule has 1 aromatic heterocycles. The van der Waals surface area contributed by atoms with Crippen LogP contribution < -0.4 is 10.2 Å². The first-order valence-corrected chi connectivity index (χ1v) is 8.13. The number of piperidine rings is 1. The third-order valence-corrected chi connectivity index (χ3v) is 4.26. The number of benzene rings is 1. The molecule has 0 aliphatic carbocycles. The van der Waals surface area contributed by atoms with Crippen LogP contribution in [0.25, 0.3) is 0 Å². The Morgan fingerprint density at radius 3 is 2.65 bits per heavy atom. The molecule has 3 rings (SSSR count). The van der Waals surface area contributed by atoms with E-state index < -0.39 is 11.9 Å². The Hall–Kier alpha value is -2.82. The minimum Gasteiger partial charge on any atom is -0.367 e. The van der Waals surface area contributed by atoms with Gasteiger partial charge in [0.1, 0.15) is 23.4 Å². The van der Waals surface area contributed by atoms with E-state index in [0.717, 1.165) is 18.6 Å². The van der Waals surface area contributed by atoms with E-state index in [-0.39, 0.29) is 23.2 Å². The molecule has 1 fully saturated rings. The van der Waals surface area contributed by atoms with Crippen molar-refractivity contribution in [2.75, 3.05) is 23.3 Å². The normalized spacial score (nSPS) is 17.7. The fourth-order valence-corrected chi connectivity index (χ4v) is 3.03. The highest BCUT2D eigenvalue weighted by Crippen LogP contribution is 2.30. The van der Waals surface area contributed by atoms with Gasteiger partial charge >= 0.3 is 6.18 Å². The second kappa shape index (κ2) is 7.20. The molecule has 1 aromatic carbocycles. The average Bonchev–Trinajstić information content (AvgIpc) is 2.61. The number of hydrogen-bond acceptors (Lipinski definition) is 4. The maximum atomic E-state index is 14.0. The minimum atomic E-state index is -4.59. The number of nitrogens with one attached hydrogen (secondary N) is 1. The molecule has 8 heteroatoms. The van der Waals surface area contributed by atoms with Crippen LogP contribution >= 0.6 is 0 Å². The topological polar surface area (TPSA) is 52.0 Å². The van der Waals surface area contributed by atoms with Gasteiger partial charge in [0, 0.05) is 19.1 Å². The third-order valence-electron chi connectivity index (χ3n) is 4.26. The highest BCUT2D eigenvalue weighted by Gasteiger charge is 2.33. The molecule has 1 N–H and O–H groups in total. The summed E-state index contributed by atoms with van der Waals surface area (Å²) >= 11 is 0.